The Labute approximate surface area is 580 Å². The van der Waals surface area contributed by atoms with Gasteiger partial charge in [-0.05, 0) is 67.9 Å². The first kappa shape index (κ1) is 71.7. The molecule has 27 nitrogen and oxygen atoms in total. The van der Waals surface area contributed by atoms with Gasteiger partial charge >= 0.3 is 6.03 Å². The number of carbonyl (C=O) groups is 7. The number of phenols is 2. The highest BCUT2D eigenvalue weighted by Gasteiger charge is 2.56. The summed E-state index contributed by atoms with van der Waals surface area (Å²) in [6.45, 7) is 7.98. The number of amides is 6. The van der Waals surface area contributed by atoms with Gasteiger partial charge in [-0.2, -0.15) is 0 Å². The molecule has 4 aromatic carbocycles. The van der Waals surface area contributed by atoms with E-state index in [2.05, 4.69) is 32.7 Å². The molecule has 5 fully saturated rings. The van der Waals surface area contributed by atoms with Gasteiger partial charge in [-0.1, -0.05) is 54.3 Å². The number of nitrogens with zero attached hydrogens (tertiary/aromatic N) is 4. The molecule has 6 heterocycles. The average molecular weight is 1380 g/mol. The van der Waals surface area contributed by atoms with Crippen LogP contribution in [-0.2, 0) is 74.8 Å². The fraction of sp³-hybridized carbons (Fsp3) is 0.548. The number of para-hydroxylation sites is 1. The van der Waals surface area contributed by atoms with Gasteiger partial charge in [0.05, 0.1) is 114 Å². The number of hydrogen-bond acceptors (Lipinski definition) is 21. The summed E-state index contributed by atoms with van der Waals surface area (Å²) in [7, 11) is 2.87. The van der Waals surface area contributed by atoms with Gasteiger partial charge < -0.3 is 93.3 Å². The Bertz CT molecular complexity index is 3750. The van der Waals surface area contributed by atoms with Gasteiger partial charge in [0.25, 0.3) is 5.91 Å². The van der Waals surface area contributed by atoms with Crippen molar-refractivity contribution in [3.63, 3.8) is 0 Å². The van der Waals surface area contributed by atoms with Crippen LogP contribution in [0, 0.1) is 17.3 Å². The molecule has 8 atom stereocenters. The van der Waals surface area contributed by atoms with Crippen molar-refractivity contribution in [1.29, 1.82) is 0 Å². The quantitative estimate of drug-likeness (QED) is 0.0259. The van der Waals surface area contributed by atoms with E-state index in [1.165, 1.54) is 32.4 Å². The number of aliphatic hydroxyl groups is 1. The first-order valence-corrected chi connectivity index (χ1v) is 34.6. The van der Waals surface area contributed by atoms with Crippen LogP contribution in [-0.4, -0.2) is 240 Å². The third-order valence-electron chi connectivity index (χ3n) is 20.5. The number of likely N-dealkylation sites (tertiary alicyclic amines) is 2. The van der Waals surface area contributed by atoms with Crippen LogP contribution < -0.4 is 25.6 Å². The summed E-state index contributed by atoms with van der Waals surface area (Å²) in [6.07, 6.45) is -1.32. The summed E-state index contributed by atoms with van der Waals surface area (Å²) in [4.78, 5) is 103. The number of methoxy groups -OCH3 is 2. The maximum atomic E-state index is 14.3. The number of morpholine rings is 1. The molecule has 100 heavy (non-hydrogen) atoms. The third-order valence-corrected chi connectivity index (χ3v) is 20.5. The van der Waals surface area contributed by atoms with Crippen molar-refractivity contribution < 1.29 is 96.2 Å². The van der Waals surface area contributed by atoms with Gasteiger partial charge in [-0.3, -0.25) is 33.7 Å². The number of rotatable bonds is 26. The number of fused-ring (bicyclic) bond motifs is 8. The highest BCUT2D eigenvalue weighted by molar-refractivity contribution is 6.31. The van der Waals surface area contributed by atoms with Crippen molar-refractivity contribution in [3.8, 4) is 29.1 Å². The number of piperidine rings is 2. The van der Waals surface area contributed by atoms with E-state index in [1.807, 2.05) is 65.3 Å². The van der Waals surface area contributed by atoms with Crippen molar-refractivity contribution in [2.24, 2.45) is 5.41 Å². The number of carbonyl (C=O) groups excluding carboxylic acids is 7. The second-order valence-corrected chi connectivity index (χ2v) is 26.5. The van der Waals surface area contributed by atoms with Crippen molar-refractivity contribution >= 4 is 46.9 Å². The van der Waals surface area contributed by atoms with Crippen molar-refractivity contribution in [1.82, 2.24) is 30.7 Å². The van der Waals surface area contributed by atoms with Gasteiger partial charge in [0.15, 0.2) is 24.6 Å². The van der Waals surface area contributed by atoms with E-state index < -0.39 is 89.6 Å². The molecule has 2 aliphatic carbocycles. The Kier molecular flexibility index (Phi) is 23.1. The van der Waals surface area contributed by atoms with Crippen LogP contribution in [0.3, 0.4) is 0 Å². The Morgan fingerprint density at radius 3 is 2.04 bits per heavy atom. The summed E-state index contributed by atoms with van der Waals surface area (Å²) < 4.78 is 58.6. The molecule has 6 amide bonds. The van der Waals surface area contributed by atoms with Crippen LogP contribution in [0.2, 0.25) is 0 Å². The topological polar surface area (TPSA) is 322 Å². The molecule has 1 spiro atoms. The van der Waals surface area contributed by atoms with Crippen LogP contribution in [0.1, 0.15) is 130 Å². The SMILES string of the molecule is COc1cccc2c1C(=O)c1c(O)c3c(c(O)c1C2=O)CC(O)(C(=O)NCCNC(=O)CCOCCOCCOCCOCCC(=O)N1CCC2(CC1)CCN(C(=O)NCCC(=O)N1Cc4ccccc4C#Cc4ccccc41)CC2)CC3OC1CC2C(OC3C(OC)OCCN23)C(C)O1. The normalized spacial score (nSPS) is 24.2. The maximum Gasteiger partial charge on any atom is 0.317 e. The molecule has 0 radical (unpaired) electrons. The minimum Gasteiger partial charge on any atom is -0.507 e. The number of nitrogens with one attached hydrogen (secondary N) is 3. The third kappa shape index (κ3) is 15.7. The molecule has 8 aliphatic rings. The smallest absolute Gasteiger partial charge is 0.317 e. The van der Waals surface area contributed by atoms with E-state index in [0.29, 0.717) is 72.3 Å². The Morgan fingerprint density at radius 1 is 0.670 bits per heavy atom. The van der Waals surface area contributed by atoms with Crippen LogP contribution in [0.5, 0.6) is 17.2 Å². The standard InChI is InChI=1S/C73H89N7O20/c1-45-67-52(79-31-34-97-69(92-3)68(79)100-67)41-58(98-45)99-54-43-73(90,42-50-60(54)66(87)62-61(64(50)85)63(84)49-12-8-14-53(91-2)59(49)65(62)86)70(88)75-26-25-74-55(81)18-32-93-35-37-95-39-40-96-38-36-94-33-19-56(82)77-27-20-72(21-28-77)22-29-78(30-23-72)71(89)76-24-17-57(83)80-44-48-11-5-4-9-46(48)15-16-47-10-6-7-13-51(47)80/h4-14,45,52,54,58,67-69,85,87,90H,17-44H2,1-3H3,(H,74,81)(H,75,88)(H,76,89). The zero-order valence-electron chi connectivity index (χ0n) is 56.8. The lowest BCUT2D eigenvalue weighted by atomic mass is 9.71. The lowest BCUT2D eigenvalue weighted by molar-refractivity contribution is -0.256. The summed E-state index contributed by atoms with van der Waals surface area (Å²) in [5.41, 5.74) is -0.160. The highest BCUT2D eigenvalue weighted by atomic mass is 16.7. The van der Waals surface area contributed by atoms with Crippen LogP contribution in [0.4, 0.5) is 10.5 Å². The number of urea groups is 1. The lowest BCUT2D eigenvalue weighted by Crippen LogP contribution is -2.55. The molecule has 4 aromatic rings. The second kappa shape index (κ2) is 32.3. The Morgan fingerprint density at radius 2 is 1.32 bits per heavy atom. The van der Waals surface area contributed by atoms with Crippen molar-refractivity contribution in [3.05, 3.63) is 117 Å². The monoisotopic (exact) mass is 1380 g/mol. The molecule has 27 heteroatoms. The number of ketones is 2. The van der Waals surface area contributed by atoms with E-state index in [1.54, 1.807) is 4.90 Å². The maximum absolute atomic E-state index is 14.3. The van der Waals surface area contributed by atoms with E-state index in [-0.39, 0.29) is 141 Å². The van der Waals surface area contributed by atoms with E-state index in [0.717, 1.165) is 48.1 Å². The number of benzene rings is 4. The summed E-state index contributed by atoms with van der Waals surface area (Å²) >= 11 is 0. The Balaban J connectivity index is 0.502. The second-order valence-electron chi connectivity index (χ2n) is 26.5. The molecule has 536 valence electrons. The molecule has 0 aromatic heterocycles. The molecular formula is C73H89N7O20. The number of ether oxygens (including phenoxy) is 10. The van der Waals surface area contributed by atoms with Gasteiger partial charge in [0, 0.05) is 125 Å². The van der Waals surface area contributed by atoms with Crippen LogP contribution in [0.15, 0.2) is 66.7 Å². The van der Waals surface area contributed by atoms with E-state index in [4.69, 9.17) is 47.4 Å². The predicted octanol–water partition coefficient (Wildman–Crippen LogP) is 3.98. The molecule has 12 rings (SSSR count). The van der Waals surface area contributed by atoms with Gasteiger partial charge in [0.2, 0.25) is 23.5 Å². The number of hydrogen-bond donors (Lipinski definition) is 6. The number of aromatic hydroxyl groups is 2. The minimum absolute atomic E-state index is 0.0156. The molecule has 6 N–H and O–H groups in total. The van der Waals surface area contributed by atoms with Gasteiger partial charge in [-0.15, -0.1) is 0 Å². The summed E-state index contributed by atoms with van der Waals surface area (Å²) in [6, 6.07) is 19.5. The van der Waals surface area contributed by atoms with Gasteiger partial charge in [-0.25, -0.2) is 4.79 Å². The fourth-order valence-corrected chi connectivity index (χ4v) is 15.0. The highest BCUT2D eigenvalue weighted by Crippen LogP contribution is 2.53. The molecule has 8 unspecified atom stereocenters. The van der Waals surface area contributed by atoms with Crippen LogP contribution in [0.25, 0.3) is 0 Å². The Hall–Kier alpha value is -8.11. The van der Waals surface area contributed by atoms with E-state index in [9.17, 15) is 48.9 Å². The van der Waals surface area contributed by atoms with Crippen LogP contribution >= 0.6 is 0 Å². The zero-order valence-corrected chi connectivity index (χ0v) is 56.8. The number of phenolic OH excluding ortho intramolecular Hbond substituents is 2. The van der Waals surface area contributed by atoms with Crippen molar-refractivity contribution in [2.75, 3.05) is 131 Å². The average Bonchev–Trinajstić information content (AvgIpc) is 0.815. The summed E-state index contributed by atoms with van der Waals surface area (Å²) in [5.74, 6) is 2.39. The fourth-order valence-electron chi connectivity index (χ4n) is 15.0. The largest absolute Gasteiger partial charge is 0.507 e. The number of anilines is 1. The van der Waals surface area contributed by atoms with E-state index >= 15 is 0 Å². The molecule has 0 saturated carbocycles. The first-order valence-electron chi connectivity index (χ1n) is 34.6. The first-order chi connectivity index (χ1) is 48.5. The van der Waals surface area contributed by atoms with Gasteiger partial charge in [0.1, 0.15) is 29.0 Å². The molecule has 5 saturated heterocycles. The lowest BCUT2D eigenvalue weighted by Gasteiger charge is -2.46. The zero-order chi connectivity index (χ0) is 70.1. The minimum atomic E-state index is -2.31. The predicted molar refractivity (Wildman–Crippen MR) is 357 cm³/mol. The molecule has 6 aliphatic heterocycles. The molecular weight excluding hydrogens is 1290 g/mol. The molecule has 0 bridgehead atoms. The van der Waals surface area contributed by atoms with Crippen molar-refractivity contribution in [2.45, 2.75) is 126 Å². The summed E-state index contributed by atoms with van der Waals surface area (Å²) in [5, 5.41) is 44.9.